The third kappa shape index (κ3) is 2.63. The fourth-order valence-electron chi connectivity index (χ4n) is 3.71. The lowest BCUT2D eigenvalue weighted by atomic mass is 10.1. The van der Waals surface area contributed by atoms with Crippen LogP contribution in [0.1, 0.15) is 31.7 Å². The summed E-state index contributed by atoms with van der Waals surface area (Å²) in [7, 11) is 0. The maximum Gasteiger partial charge on any atom is 0.326 e. The predicted octanol–water partition coefficient (Wildman–Crippen LogP) is 2.28. The van der Waals surface area contributed by atoms with Gasteiger partial charge in [-0.25, -0.2) is 4.79 Å². The van der Waals surface area contributed by atoms with Crippen molar-refractivity contribution in [3.05, 3.63) is 28.7 Å². The van der Waals surface area contributed by atoms with E-state index in [0.29, 0.717) is 6.04 Å². The van der Waals surface area contributed by atoms with Gasteiger partial charge in [0, 0.05) is 24.8 Å². The Bertz CT molecular complexity index is 696. The molecule has 3 heterocycles. The van der Waals surface area contributed by atoms with Crippen LogP contribution < -0.4 is 15.9 Å². The number of nitrogens with one attached hydrogen (secondary N) is 2. The van der Waals surface area contributed by atoms with Gasteiger partial charge in [0.25, 0.3) is 0 Å². The molecule has 2 N–H and O–H groups in total. The van der Waals surface area contributed by atoms with Crippen molar-refractivity contribution in [2.45, 2.75) is 31.7 Å². The molecule has 2 fully saturated rings. The van der Waals surface area contributed by atoms with Crippen molar-refractivity contribution in [3.8, 4) is 0 Å². The van der Waals surface area contributed by atoms with Crippen molar-refractivity contribution in [1.29, 1.82) is 0 Å². The summed E-state index contributed by atoms with van der Waals surface area (Å²) < 4.78 is 1.98. The maximum atomic E-state index is 12.3. The standard InChI is InChI=1S/C16H22N4O.ClH/c21-16-18-14-4-3-13(19-9-1-2-10-19)11-15(14)20(16)12-5-7-17-8-6-12;/h3-4,11-12,17H,1-2,5-10H2,(H,18,21);1H. The summed E-state index contributed by atoms with van der Waals surface area (Å²) in [6, 6.07) is 6.71. The van der Waals surface area contributed by atoms with Crippen LogP contribution in [0.4, 0.5) is 5.69 Å². The van der Waals surface area contributed by atoms with E-state index in [1.54, 1.807) is 0 Å². The molecule has 2 saturated heterocycles. The van der Waals surface area contributed by atoms with E-state index in [0.717, 1.165) is 50.1 Å². The number of imidazole rings is 1. The lowest BCUT2D eigenvalue weighted by Gasteiger charge is -2.24. The van der Waals surface area contributed by atoms with Crippen LogP contribution in [0.2, 0.25) is 0 Å². The zero-order valence-corrected chi connectivity index (χ0v) is 13.5. The van der Waals surface area contributed by atoms with Crippen LogP contribution in [0.25, 0.3) is 11.0 Å². The number of rotatable bonds is 2. The van der Waals surface area contributed by atoms with Crippen molar-refractivity contribution in [3.63, 3.8) is 0 Å². The number of anilines is 1. The number of aromatic nitrogens is 2. The Hall–Kier alpha value is -1.46. The number of halogens is 1. The average Bonchev–Trinajstić information content (AvgIpc) is 3.14. The fourth-order valence-corrected chi connectivity index (χ4v) is 3.71. The van der Waals surface area contributed by atoms with E-state index in [1.807, 2.05) is 4.57 Å². The first-order chi connectivity index (χ1) is 10.3. The van der Waals surface area contributed by atoms with E-state index >= 15 is 0 Å². The van der Waals surface area contributed by atoms with Crippen LogP contribution in [0, 0.1) is 0 Å². The molecule has 2 aliphatic heterocycles. The molecule has 22 heavy (non-hydrogen) atoms. The van der Waals surface area contributed by atoms with Crippen LogP contribution in [-0.4, -0.2) is 35.7 Å². The highest BCUT2D eigenvalue weighted by Gasteiger charge is 2.20. The minimum absolute atomic E-state index is 0. The topological polar surface area (TPSA) is 53.1 Å². The minimum atomic E-state index is 0. The monoisotopic (exact) mass is 322 g/mol. The lowest BCUT2D eigenvalue weighted by Crippen LogP contribution is -2.33. The molecular formula is C16H23ClN4O. The van der Waals surface area contributed by atoms with Crippen molar-refractivity contribution in [1.82, 2.24) is 14.9 Å². The third-order valence-corrected chi connectivity index (χ3v) is 4.85. The molecule has 6 heteroatoms. The SMILES string of the molecule is Cl.O=c1[nH]c2ccc(N3CCCC3)cc2n1C1CCNCC1. The Morgan fingerprint density at radius 1 is 1.09 bits per heavy atom. The Kier molecular flexibility index (Phi) is 4.45. The summed E-state index contributed by atoms with van der Waals surface area (Å²) in [6.45, 7) is 4.26. The Balaban J connectivity index is 0.00000144. The molecule has 0 radical (unpaired) electrons. The molecule has 1 aromatic carbocycles. The molecule has 0 aliphatic carbocycles. The summed E-state index contributed by atoms with van der Waals surface area (Å²) in [5.74, 6) is 0. The predicted molar refractivity (Wildman–Crippen MR) is 92.4 cm³/mol. The van der Waals surface area contributed by atoms with Crippen LogP contribution in [0.15, 0.2) is 23.0 Å². The van der Waals surface area contributed by atoms with Crippen LogP contribution >= 0.6 is 12.4 Å². The number of hydrogen-bond acceptors (Lipinski definition) is 3. The molecule has 0 amide bonds. The second kappa shape index (κ2) is 6.34. The molecule has 0 saturated carbocycles. The van der Waals surface area contributed by atoms with Crippen molar-refractivity contribution >= 4 is 29.1 Å². The number of H-pyrrole nitrogens is 1. The highest BCUT2D eigenvalue weighted by Crippen LogP contribution is 2.27. The van der Waals surface area contributed by atoms with Gasteiger partial charge in [-0.15, -0.1) is 12.4 Å². The van der Waals surface area contributed by atoms with Gasteiger partial charge < -0.3 is 15.2 Å². The first-order valence-electron chi connectivity index (χ1n) is 8.03. The third-order valence-electron chi connectivity index (χ3n) is 4.85. The minimum Gasteiger partial charge on any atom is -0.371 e. The van der Waals surface area contributed by atoms with Crippen molar-refractivity contribution in [2.24, 2.45) is 0 Å². The van der Waals surface area contributed by atoms with Gasteiger partial charge in [0.1, 0.15) is 0 Å². The van der Waals surface area contributed by atoms with Crippen LogP contribution in [0.5, 0.6) is 0 Å². The van der Waals surface area contributed by atoms with Crippen LogP contribution in [0.3, 0.4) is 0 Å². The first kappa shape index (κ1) is 15.4. The summed E-state index contributed by atoms with van der Waals surface area (Å²) in [5, 5.41) is 3.37. The highest BCUT2D eigenvalue weighted by atomic mass is 35.5. The van der Waals surface area contributed by atoms with E-state index in [1.165, 1.54) is 18.5 Å². The maximum absolute atomic E-state index is 12.3. The van der Waals surface area contributed by atoms with Gasteiger partial charge >= 0.3 is 5.69 Å². The van der Waals surface area contributed by atoms with Crippen molar-refractivity contribution in [2.75, 3.05) is 31.1 Å². The largest absolute Gasteiger partial charge is 0.371 e. The Morgan fingerprint density at radius 3 is 2.55 bits per heavy atom. The van der Waals surface area contributed by atoms with Gasteiger partial charge in [-0.3, -0.25) is 4.57 Å². The summed E-state index contributed by atoms with van der Waals surface area (Å²) >= 11 is 0. The Labute approximate surface area is 136 Å². The van der Waals surface area contributed by atoms with Crippen molar-refractivity contribution < 1.29 is 0 Å². The first-order valence-corrected chi connectivity index (χ1v) is 8.03. The smallest absolute Gasteiger partial charge is 0.326 e. The number of nitrogens with zero attached hydrogens (tertiary/aromatic N) is 2. The number of hydrogen-bond donors (Lipinski definition) is 2. The quantitative estimate of drug-likeness (QED) is 0.892. The summed E-state index contributed by atoms with van der Waals surface area (Å²) in [6.07, 6.45) is 4.60. The number of piperidine rings is 1. The van der Waals surface area contributed by atoms with E-state index < -0.39 is 0 Å². The molecule has 0 unspecified atom stereocenters. The van der Waals surface area contributed by atoms with E-state index in [4.69, 9.17) is 0 Å². The summed E-state index contributed by atoms with van der Waals surface area (Å²) in [4.78, 5) is 17.8. The number of fused-ring (bicyclic) bond motifs is 1. The normalized spacial score (nSPS) is 19.5. The van der Waals surface area contributed by atoms with Gasteiger partial charge in [0.05, 0.1) is 11.0 Å². The van der Waals surface area contributed by atoms with E-state index in [-0.39, 0.29) is 18.1 Å². The lowest BCUT2D eigenvalue weighted by molar-refractivity contribution is 0.368. The molecular weight excluding hydrogens is 300 g/mol. The highest BCUT2D eigenvalue weighted by molar-refractivity contribution is 5.85. The van der Waals surface area contributed by atoms with E-state index in [2.05, 4.69) is 33.4 Å². The number of aromatic amines is 1. The van der Waals surface area contributed by atoms with Crippen LogP contribution in [-0.2, 0) is 0 Å². The van der Waals surface area contributed by atoms with Gasteiger partial charge in [0.15, 0.2) is 0 Å². The molecule has 1 aromatic heterocycles. The number of benzene rings is 1. The molecule has 2 aromatic rings. The molecule has 2 aliphatic rings. The van der Waals surface area contributed by atoms with E-state index in [9.17, 15) is 4.79 Å². The van der Waals surface area contributed by atoms with Gasteiger partial charge in [-0.2, -0.15) is 0 Å². The summed E-state index contributed by atoms with van der Waals surface area (Å²) in [5.41, 5.74) is 3.31. The van der Waals surface area contributed by atoms with Gasteiger partial charge in [-0.1, -0.05) is 0 Å². The molecule has 0 atom stereocenters. The van der Waals surface area contributed by atoms with Gasteiger partial charge in [-0.05, 0) is 57.0 Å². The second-order valence-corrected chi connectivity index (χ2v) is 6.18. The zero-order chi connectivity index (χ0) is 14.2. The zero-order valence-electron chi connectivity index (χ0n) is 12.7. The molecule has 0 spiro atoms. The second-order valence-electron chi connectivity index (χ2n) is 6.18. The molecule has 0 bridgehead atoms. The molecule has 4 rings (SSSR count). The van der Waals surface area contributed by atoms with Gasteiger partial charge in [0.2, 0.25) is 0 Å². The Morgan fingerprint density at radius 2 is 1.82 bits per heavy atom. The average molecular weight is 323 g/mol. The molecule has 120 valence electrons. The fraction of sp³-hybridized carbons (Fsp3) is 0.562. The molecule has 5 nitrogen and oxygen atoms in total.